The van der Waals surface area contributed by atoms with E-state index in [1.54, 1.807) is 37.3 Å². The first kappa shape index (κ1) is 21.6. The lowest BCUT2D eigenvalue weighted by molar-refractivity contribution is -0.155. The van der Waals surface area contributed by atoms with Crippen molar-refractivity contribution in [1.29, 1.82) is 0 Å². The SMILES string of the molecule is Cc1cc(NC(=O)C(OC(=O)CCCOc2cccc(Br)c2)c2ccccc2)no1. The maximum atomic E-state index is 12.7. The number of benzene rings is 2. The number of hydrogen-bond donors (Lipinski definition) is 1. The zero-order chi connectivity index (χ0) is 21.3. The highest BCUT2D eigenvalue weighted by Crippen LogP contribution is 2.21. The fraction of sp³-hybridized carbons (Fsp3) is 0.227. The third kappa shape index (κ3) is 6.45. The van der Waals surface area contributed by atoms with Crippen LogP contribution < -0.4 is 10.1 Å². The number of amides is 1. The number of esters is 1. The van der Waals surface area contributed by atoms with Crippen molar-refractivity contribution in [2.24, 2.45) is 0 Å². The summed E-state index contributed by atoms with van der Waals surface area (Å²) in [6.07, 6.45) is -0.522. The number of nitrogens with one attached hydrogen (secondary N) is 1. The molecule has 156 valence electrons. The van der Waals surface area contributed by atoms with Crippen molar-refractivity contribution >= 4 is 33.6 Å². The van der Waals surface area contributed by atoms with E-state index in [0.29, 0.717) is 30.1 Å². The first-order chi connectivity index (χ1) is 14.5. The van der Waals surface area contributed by atoms with Gasteiger partial charge >= 0.3 is 5.97 Å². The van der Waals surface area contributed by atoms with E-state index < -0.39 is 18.0 Å². The topological polar surface area (TPSA) is 90.7 Å². The lowest BCUT2D eigenvalue weighted by Gasteiger charge is -2.17. The third-order valence-corrected chi connectivity index (χ3v) is 4.55. The van der Waals surface area contributed by atoms with Crippen molar-refractivity contribution in [3.05, 3.63) is 76.5 Å². The number of aromatic nitrogens is 1. The van der Waals surface area contributed by atoms with Crippen LogP contribution in [0.1, 0.15) is 30.3 Å². The Bertz CT molecular complexity index is 990. The Balaban J connectivity index is 1.55. The summed E-state index contributed by atoms with van der Waals surface area (Å²) in [6, 6.07) is 17.9. The molecule has 1 amide bonds. The molecule has 1 heterocycles. The second-order valence-corrected chi connectivity index (χ2v) is 7.42. The normalized spacial score (nSPS) is 11.5. The van der Waals surface area contributed by atoms with Crippen molar-refractivity contribution in [2.75, 3.05) is 11.9 Å². The second-order valence-electron chi connectivity index (χ2n) is 6.50. The number of anilines is 1. The van der Waals surface area contributed by atoms with Gasteiger partial charge in [0.1, 0.15) is 11.5 Å². The van der Waals surface area contributed by atoms with E-state index in [1.807, 2.05) is 30.3 Å². The zero-order valence-electron chi connectivity index (χ0n) is 16.3. The van der Waals surface area contributed by atoms with Crippen LogP contribution in [0.25, 0.3) is 0 Å². The quantitative estimate of drug-likeness (QED) is 0.354. The average molecular weight is 473 g/mol. The Morgan fingerprint density at radius 3 is 2.63 bits per heavy atom. The van der Waals surface area contributed by atoms with Gasteiger partial charge in [0.05, 0.1) is 6.61 Å². The number of nitrogens with zero attached hydrogens (tertiary/aromatic N) is 1. The van der Waals surface area contributed by atoms with Gasteiger partial charge in [0.25, 0.3) is 5.91 Å². The van der Waals surface area contributed by atoms with Crippen LogP contribution in [-0.2, 0) is 14.3 Å². The molecule has 3 rings (SSSR count). The van der Waals surface area contributed by atoms with E-state index in [1.165, 1.54) is 0 Å². The van der Waals surface area contributed by atoms with Gasteiger partial charge in [-0.05, 0) is 31.5 Å². The van der Waals surface area contributed by atoms with E-state index in [-0.39, 0.29) is 12.2 Å². The van der Waals surface area contributed by atoms with Gasteiger partial charge < -0.3 is 19.3 Å². The lowest BCUT2D eigenvalue weighted by Crippen LogP contribution is -2.26. The summed E-state index contributed by atoms with van der Waals surface area (Å²) in [5.74, 6) is 0.532. The van der Waals surface area contributed by atoms with Crippen molar-refractivity contribution in [3.8, 4) is 5.75 Å². The first-order valence-corrected chi connectivity index (χ1v) is 10.2. The van der Waals surface area contributed by atoms with Gasteiger partial charge in [-0.1, -0.05) is 57.5 Å². The predicted molar refractivity (Wildman–Crippen MR) is 114 cm³/mol. The van der Waals surface area contributed by atoms with Crippen molar-refractivity contribution < 1.29 is 23.6 Å². The van der Waals surface area contributed by atoms with Crippen LogP contribution in [0.15, 0.2) is 69.7 Å². The molecule has 7 nitrogen and oxygen atoms in total. The van der Waals surface area contributed by atoms with Crippen LogP contribution in [0.4, 0.5) is 5.82 Å². The number of aryl methyl sites for hydroxylation is 1. The zero-order valence-corrected chi connectivity index (χ0v) is 17.9. The number of halogens is 1. The van der Waals surface area contributed by atoms with E-state index in [9.17, 15) is 9.59 Å². The predicted octanol–water partition coefficient (Wildman–Crippen LogP) is 4.83. The van der Waals surface area contributed by atoms with E-state index in [0.717, 1.165) is 4.47 Å². The van der Waals surface area contributed by atoms with Gasteiger partial charge in [-0.25, -0.2) is 0 Å². The van der Waals surface area contributed by atoms with Crippen LogP contribution in [-0.4, -0.2) is 23.6 Å². The molecule has 8 heteroatoms. The van der Waals surface area contributed by atoms with Gasteiger partial charge in [0.15, 0.2) is 5.82 Å². The summed E-state index contributed by atoms with van der Waals surface area (Å²) < 4.78 is 17.0. The second kappa shape index (κ2) is 10.6. The minimum Gasteiger partial charge on any atom is -0.494 e. The number of ether oxygens (including phenoxy) is 2. The lowest BCUT2D eigenvalue weighted by atomic mass is 10.1. The smallest absolute Gasteiger partial charge is 0.307 e. The minimum atomic E-state index is -1.10. The highest BCUT2D eigenvalue weighted by atomic mass is 79.9. The molecule has 0 radical (unpaired) electrons. The molecule has 3 aromatic rings. The molecule has 1 unspecified atom stereocenters. The largest absolute Gasteiger partial charge is 0.494 e. The average Bonchev–Trinajstić information content (AvgIpc) is 3.14. The van der Waals surface area contributed by atoms with E-state index in [4.69, 9.17) is 14.0 Å². The van der Waals surface area contributed by atoms with Gasteiger partial charge in [-0.3, -0.25) is 9.59 Å². The monoisotopic (exact) mass is 472 g/mol. The molecule has 1 atom stereocenters. The van der Waals surface area contributed by atoms with Crippen molar-refractivity contribution in [1.82, 2.24) is 5.16 Å². The Kier molecular flexibility index (Phi) is 7.62. The molecule has 0 fully saturated rings. The molecular formula is C22H21BrN2O5. The molecule has 1 aromatic heterocycles. The van der Waals surface area contributed by atoms with Crippen LogP contribution in [0.5, 0.6) is 5.75 Å². The summed E-state index contributed by atoms with van der Waals surface area (Å²) in [4.78, 5) is 25.1. The van der Waals surface area contributed by atoms with E-state index in [2.05, 4.69) is 26.4 Å². The molecular weight excluding hydrogens is 452 g/mol. The molecule has 2 aromatic carbocycles. The van der Waals surface area contributed by atoms with Crippen LogP contribution in [0.2, 0.25) is 0 Å². The summed E-state index contributed by atoms with van der Waals surface area (Å²) in [7, 11) is 0. The molecule has 0 spiro atoms. The molecule has 0 saturated carbocycles. The van der Waals surface area contributed by atoms with Gasteiger partial charge in [0, 0.05) is 22.5 Å². The van der Waals surface area contributed by atoms with Gasteiger partial charge in [-0.15, -0.1) is 0 Å². The maximum absolute atomic E-state index is 12.7. The summed E-state index contributed by atoms with van der Waals surface area (Å²) in [5.41, 5.74) is 0.564. The number of carbonyl (C=O) groups excluding carboxylic acids is 2. The summed E-state index contributed by atoms with van der Waals surface area (Å²) in [5, 5.41) is 6.35. The summed E-state index contributed by atoms with van der Waals surface area (Å²) >= 11 is 3.38. The van der Waals surface area contributed by atoms with Crippen LogP contribution in [0.3, 0.4) is 0 Å². The molecule has 0 saturated heterocycles. The molecule has 0 aliphatic carbocycles. The molecule has 0 aliphatic rings. The van der Waals surface area contributed by atoms with Crippen LogP contribution in [0, 0.1) is 6.92 Å². The molecule has 1 N–H and O–H groups in total. The molecule has 0 aliphatic heterocycles. The van der Waals surface area contributed by atoms with Crippen LogP contribution >= 0.6 is 15.9 Å². The Morgan fingerprint density at radius 1 is 1.13 bits per heavy atom. The standard InChI is InChI=1S/C22H21BrN2O5/c1-15-13-19(25-30-15)24-22(27)21(16-7-3-2-4-8-16)29-20(26)11-6-12-28-18-10-5-9-17(23)14-18/h2-5,7-10,13-14,21H,6,11-12H2,1H3,(H,24,25,27). The third-order valence-electron chi connectivity index (χ3n) is 4.06. The van der Waals surface area contributed by atoms with Gasteiger partial charge in [-0.2, -0.15) is 0 Å². The summed E-state index contributed by atoms with van der Waals surface area (Å²) in [6.45, 7) is 2.07. The first-order valence-electron chi connectivity index (χ1n) is 9.38. The number of hydrogen-bond acceptors (Lipinski definition) is 6. The Hall–Kier alpha value is -3.13. The van der Waals surface area contributed by atoms with Gasteiger partial charge in [0.2, 0.25) is 6.10 Å². The highest BCUT2D eigenvalue weighted by Gasteiger charge is 2.25. The van der Waals surface area contributed by atoms with Crippen molar-refractivity contribution in [2.45, 2.75) is 25.9 Å². The highest BCUT2D eigenvalue weighted by molar-refractivity contribution is 9.10. The number of carbonyl (C=O) groups is 2. The Morgan fingerprint density at radius 2 is 1.93 bits per heavy atom. The fourth-order valence-corrected chi connectivity index (χ4v) is 3.05. The van der Waals surface area contributed by atoms with Crippen molar-refractivity contribution in [3.63, 3.8) is 0 Å². The Labute approximate surface area is 182 Å². The molecule has 0 bridgehead atoms. The minimum absolute atomic E-state index is 0.119. The fourth-order valence-electron chi connectivity index (χ4n) is 2.67. The number of rotatable bonds is 9. The maximum Gasteiger partial charge on any atom is 0.307 e. The molecule has 30 heavy (non-hydrogen) atoms. The van der Waals surface area contributed by atoms with E-state index >= 15 is 0 Å².